The van der Waals surface area contributed by atoms with Crippen LogP contribution >= 0.6 is 0 Å². The molecule has 0 bridgehead atoms. The molecule has 94 valence electrons. The van der Waals surface area contributed by atoms with Crippen LogP contribution in [0, 0.1) is 0 Å². The van der Waals surface area contributed by atoms with Crippen molar-refractivity contribution in [2.45, 2.75) is 6.54 Å². The van der Waals surface area contributed by atoms with E-state index in [2.05, 4.69) is 15.3 Å². The standard InChI is InChI=1S/C11H13N5O2/c1-16-3-2-13-10(16)6-15-9-4-7(11(17)18)8(12)5-14-9/h2-5H,6,12H2,1H3,(H,14,15)(H,17,18). The average molecular weight is 247 g/mol. The second-order valence-electron chi connectivity index (χ2n) is 3.77. The van der Waals surface area contributed by atoms with Crippen LogP contribution in [-0.2, 0) is 13.6 Å². The van der Waals surface area contributed by atoms with Crippen molar-refractivity contribution in [2.24, 2.45) is 7.05 Å². The summed E-state index contributed by atoms with van der Waals surface area (Å²) in [4.78, 5) is 19.1. The lowest BCUT2D eigenvalue weighted by molar-refractivity contribution is 0.0698. The first kappa shape index (κ1) is 11.9. The van der Waals surface area contributed by atoms with Gasteiger partial charge in [-0.2, -0.15) is 0 Å². The third-order valence-electron chi connectivity index (χ3n) is 2.51. The van der Waals surface area contributed by atoms with Crippen molar-refractivity contribution < 1.29 is 9.90 Å². The smallest absolute Gasteiger partial charge is 0.337 e. The van der Waals surface area contributed by atoms with Crippen LogP contribution in [0.1, 0.15) is 16.2 Å². The summed E-state index contributed by atoms with van der Waals surface area (Å²) in [5.74, 6) is 0.199. The Morgan fingerprint density at radius 1 is 1.56 bits per heavy atom. The van der Waals surface area contributed by atoms with E-state index in [0.717, 1.165) is 5.82 Å². The van der Waals surface area contributed by atoms with Gasteiger partial charge in [-0.25, -0.2) is 14.8 Å². The summed E-state index contributed by atoms with van der Waals surface area (Å²) in [6.07, 6.45) is 4.84. The van der Waals surface area contributed by atoms with Gasteiger partial charge in [-0.15, -0.1) is 0 Å². The molecule has 2 aromatic heterocycles. The van der Waals surface area contributed by atoms with Crippen molar-refractivity contribution in [1.82, 2.24) is 14.5 Å². The number of rotatable bonds is 4. The van der Waals surface area contributed by atoms with Gasteiger partial charge in [0.2, 0.25) is 0 Å². The van der Waals surface area contributed by atoms with Gasteiger partial charge in [0.1, 0.15) is 11.6 Å². The van der Waals surface area contributed by atoms with E-state index in [4.69, 9.17) is 10.8 Å². The van der Waals surface area contributed by atoms with E-state index in [1.165, 1.54) is 12.3 Å². The molecule has 0 fully saturated rings. The Morgan fingerprint density at radius 3 is 2.94 bits per heavy atom. The maximum atomic E-state index is 10.9. The fourth-order valence-electron chi connectivity index (χ4n) is 1.48. The molecular weight excluding hydrogens is 234 g/mol. The molecule has 7 nitrogen and oxygen atoms in total. The zero-order valence-electron chi connectivity index (χ0n) is 9.79. The minimum Gasteiger partial charge on any atom is -0.478 e. The maximum Gasteiger partial charge on any atom is 0.337 e. The number of pyridine rings is 1. The average Bonchev–Trinajstić information content (AvgIpc) is 2.73. The first-order chi connectivity index (χ1) is 8.58. The van der Waals surface area contributed by atoms with Gasteiger partial charge in [0.25, 0.3) is 0 Å². The predicted octanol–water partition coefficient (Wildman–Crippen LogP) is 0.708. The van der Waals surface area contributed by atoms with Crippen LogP contribution in [0.4, 0.5) is 11.5 Å². The third kappa shape index (κ3) is 2.40. The highest BCUT2D eigenvalue weighted by Gasteiger charge is 2.09. The second kappa shape index (κ2) is 4.74. The van der Waals surface area contributed by atoms with Gasteiger partial charge in [-0.05, 0) is 6.07 Å². The van der Waals surface area contributed by atoms with E-state index in [-0.39, 0.29) is 11.3 Å². The Labute approximate surface area is 103 Å². The molecule has 2 rings (SSSR count). The molecule has 0 aliphatic heterocycles. The van der Waals surface area contributed by atoms with E-state index >= 15 is 0 Å². The van der Waals surface area contributed by atoms with Crippen LogP contribution in [0.2, 0.25) is 0 Å². The van der Waals surface area contributed by atoms with E-state index in [1.54, 1.807) is 6.20 Å². The SMILES string of the molecule is Cn1ccnc1CNc1cc(C(=O)O)c(N)cn1. The summed E-state index contributed by atoms with van der Waals surface area (Å²) in [6, 6.07) is 1.40. The summed E-state index contributed by atoms with van der Waals surface area (Å²) in [5, 5.41) is 11.9. The highest BCUT2D eigenvalue weighted by molar-refractivity contribution is 5.94. The van der Waals surface area contributed by atoms with Gasteiger partial charge in [0.05, 0.1) is 24.0 Å². The molecule has 0 atom stereocenters. The third-order valence-corrected chi connectivity index (χ3v) is 2.51. The number of nitrogens with one attached hydrogen (secondary N) is 1. The van der Waals surface area contributed by atoms with Crippen molar-refractivity contribution in [1.29, 1.82) is 0 Å². The molecule has 0 aliphatic rings. The summed E-state index contributed by atoms with van der Waals surface area (Å²) >= 11 is 0. The quantitative estimate of drug-likeness (QED) is 0.734. The molecule has 18 heavy (non-hydrogen) atoms. The Bertz CT molecular complexity index is 579. The fourth-order valence-corrected chi connectivity index (χ4v) is 1.48. The lowest BCUT2D eigenvalue weighted by Crippen LogP contribution is -2.09. The number of hydrogen-bond donors (Lipinski definition) is 3. The minimum absolute atomic E-state index is 0.0346. The number of aromatic nitrogens is 3. The molecule has 0 amide bonds. The Kier molecular flexibility index (Phi) is 3.13. The van der Waals surface area contributed by atoms with Crippen LogP contribution in [0.15, 0.2) is 24.7 Å². The molecule has 0 aromatic carbocycles. The number of hydrogen-bond acceptors (Lipinski definition) is 5. The fraction of sp³-hybridized carbons (Fsp3) is 0.182. The molecule has 2 heterocycles. The number of nitrogen functional groups attached to an aromatic ring is 1. The van der Waals surface area contributed by atoms with Crippen molar-refractivity contribution >= 4 is 17.5 Å². The number of carboxylic acid groups (broad SMARTS) is 1. The number of aromatic carboxylic acids is 1. The van der Waals surface area contributed by atoms with E-state index in [1.807, 2.05) is 17.8 Å². The number of carboxylic acids is 1. The van der Waals surface area contributed by atoms with Crippen molar-refractivity contribution in [3.05, 3.63) is 36.0 Å². The second-order valence-corrected chi connectivity index (χ2v) is 3.77. The lowest BCUT2D eigenvalue weighted by atomic mass is 10.2. The zero-order valence-corrected chi connectivity index (χ0v) is 9.79. The summed E-state index contributed by atoms with van der Waals surface area (Å²) in [5.41, 5.74) is 5.70. The molecular formula is C11H13N5O2. The molecule has 0 radical (unpaired) electrons. The predicted molar refractivity (Wildman–Crippen MR) is 66.1 cm³/mol. The molecule has 7 heteroatoms. The number of nitrogens with zero attached hydrogens (tertiary/aromatic N) is 3. The molecule has 2 aromatic rings. The Morgan fingerprint density at radius 2 is 2.33 bits per heavy atom. The van der Waals surface area contributed by atoms with E-state index in [0.29, 0.717) is 12.4 Å². The molecule has 0 spiro atoms. The molecule has 0 aliphatic carbocycles. The Hall–Kier alpha value is -2.57. The highest BCUT2D eigenvalue weighted by atomic mass is 16.4. The summed E-state index contributed by atoms with van der Waals surface area (Å²) < 4.78 is 1.86. The van der Waals surface area contributed by atoms with Gasteiger partial charge in [0, 0.05) is 19.4 Å². The van der Waals surface area contributed by atoms with Crippen LogP contribution in [-0.4, -0.2) is 25.6 Å². The van der Waals surface area contributed by atoms with Crippen molar-refractivity contribution in [2.75, 3.05) is 11.1 Å². The summed E-state index contributed by atoms with van der Waals surface area (Å²) in [7, 11) is 1.88. The van der Waals surface area contributed by atoms with Crippen LogP contribution in [0.25, 0.3) is 0 Å². The monoisotopic (exact) mass is 247 g/mol. The van der Waals surface area contributed by atoms with Gasteiger partial charge in [0.15, 0.2) is 0 Å². The van der Waals surface area contributed by atoms with Crippen LogP contribution in [0.3, 0.4) is 0 Å². The molecule has 0 unspecified atom stereocenters. The first-order valence-electron chi connectivity index (χ1n) is 5.27. The Balaban J connectivity index is 2.13. The first-order valence-corrected chi connectivity index (χ1v) is 5.27. The molecule has 0 saturated carbocycles. The van der Waals surface area contributed by atoms with Gasteiger partial charge < -0.3 is 20.7 Å². The largest absolute Gasteiger partial charge is 0.478 e. The number of aryl methyl sites for hydroxylation is 1. The van der Waals surface area contributed by atoms with Crippen LogP contribution < -0.4 is 11.1 Å². The van der Waals surface area contributed by atoms with E-state index in [9.17, 15) is 4.79 Å². The minimum atomic E-state index is -1.07. The summed E-state index contributed by atoms with van der Waals surface area (Å²) in [6.45, 7) is 0.458. The highest BCUT2D eigenvalue weighted by Crippen LogP contribution is 2.15. The van der Waals surface area contributed by atoms with Crippen molar-refractivity contribution in [3.63, 3.8) is 0 Å². The number of anilines is 2. The lowest BCUT2D eigenvalue weighted by Gasteiger charge is -2.07. The number of nitrogens with two attached hydrogens (primary N) is 1. The van der Waals surface area contributed by atoms with Gasteiger partial charge in [-0.3, -0.25) is 0 Å². The van der Waals surface area contributed by atoms with E-state index < -0.39 is 5.97 Å². The van der Waals surface area contributed by atoms with Crippen molar-refractivity contribution in [3.8, 4) is 0 Å². The number of carbonyl (C=O) groups is 1. The zero-order chi connectivity index (χ0) is 13.1. The molecule has 4 N–H and O–H groups in total. The number of imidazole rings is 1. The van der Waals surface area contributed by atoms with Crippen LogP contribution in [0.5, 0.6) is 0 Å². The molecule has 0 saturated heterocycles. The van der Waals surface area contributed by atoms with Gasteiger partial charge in [-0.1, -0.05) is 0 Å². The van der Waals surface area contributed by atoms with Gasteiger partial charge >= 0.3 is 5.97 Å². The topological polar surface area (TPSA) is 106 Å². The normalized spacial score (nSPS) is 10.3. The maximum absolute atomic E-state index is 10.9.